The molecule has 4 nitrogen and oxygen atoms in total. The number of carboxylic acids is 1. The first-order valence-corrected chi connectivity index (χ1v) is 5.25. The van der Waals surface area contributed by atoms with E-state index in [0.717, 1.165) is 0 Å². The van der Waals surface area contributed by atoms with E-state index in [1.165, 1.54) is 7.11 Å². The first-order valence-electron chi connectivity index (χ1n) is 4.05. The third-order valence-electron chi connectivity index (χ3n) is 1.54. The number of hydrogen-bond donors (Lipinski definition) is 1. The van der Waals surface area contributed by atoms with Crippen LogP contribution in [0.4, 0.5) is 13.2 Å². The van der Waals surface area contributed by atoms with Crippen LogP contribution in [0, 0.1) is 0 Å². The van der Waals surface area contributed by atoms with Crippen LogP contribution in [-0.2, 0) is 0 Å². The molecule has 0 amide bonds. The minimum atomic E-state index is -4.58. The Morgan fingerprint density at radius 1 is 1.53 bits per heavy atom. The van der Waals surface area contributed by atoms with Gasteiger partial charge in [-0.25, -0.2) is 4.79 Å². The number of alkyl halides is 3. The molecule has 0 radical (unpaired) electrons. The summed E-state index contributed by atoms with van der Waals surface area (Å²) in [7, 11) is 1.22. The zero-order valence-electron chi connectivity index (χ0n) is 8.30. The van der Waals surface area contributed by atoms with Gasteiger partial charge in [0.1, 0.15) is 5.02 Å². The van der Waals surface area contributed by atoms with E-state index < -0.39 is 29.4 Å². The van der Waals surface area contributed by atoms with Crippen molar-refractivity contribution in [3.63, 3.8) is 0 Å². The normalized spacial score (nSPS) is 11.4. The third-order valence-corrected chi connectivity index (χ3v) is 3.12. The summed E-state index contributed by atoms with van der Waals surface area (Å²) < 4.78 is 44.9. The summed E-state index contributed by atoms with van der Waals surface area (Å²) in [5.74, 6) is -1.96. The Balaban J connectivity index is 3.03. The summed E-state index contributed by atoms with van der Waals surface area (Å²) in [5, 5.41) is 8.47. The van der Waals surface area contributed by atoms with Crippen molar-refractivity contribution >= 4 is 28.9 Å². The molecule has 9 heteroatoms. The molecule has 1 heterocycles. The maximum atomic E-state index is 12.0. The van der Waals surface area contributed by atoms with Gasteiger partial charge in [-0.05, 0) is 0 Å². The summed E-state index contributed by atoms with van der Waals surface area (Å²) >= 11 is 6.23. The van der Waals surface area contributed by atoms with Crippen LogP contribution in [-0.4, -0.2) is 31.0 Å². The van der Waals surface area contributed by atoms with E-state index in [1.54, 1.807) is 0 Å². The predicted octanol–water partition coefficient (Wildman–Crippen LogP) is 3.05. The minimum Gasteiger partial charge on any atom is -0.486 e. The molecule has 0 spiro atoms. The molecule has 0 bridgehead atoms. The number of carboxylic acid groups (broad SMARTS) is 1. The molecule has 0 saturated heterocycles. The van der Waals surface area contributed by atoms with Gasteiger partial charge in [-0.1, -0.05) is 22.9 Å². The monoisotopic (exact) mass is 290 g/mol. The van der Waals surface area contributed by atoms with E-state index in [9.17, 15) is 18.0 Å². The van der Waals surface area contributed by atoms with Crippen LogP contribution in [0.15, 0.2) is 0 Å². The van der Waals surface area contributed by atoms with Crippen LogP contribution in [0.1, 0.15) is 9.67 Å². The van der Waals surface area contributed by atoms with Gasteiger partial charge >= 0.3 is 12.1 Å². The van der Waals surface area contributed by atoms with E-state index in [2.05, 4.69) is 4.74 Å². The molecular formula is C8H6ClF3O4S. The van der Waals surface area contributed by atoms with Crippen molar-refractivity contribution in [1.29, 1.82) is 0 Å². The summed E-state index contributed by atoms with van der Waals surface area (Å²) in [4.78, 5) is 10.3. The molecule has 0 atom stereocenters. The first-order chi connectivity index (χ1) is 7.76. The molecule has 17 heavy (non-hydrogen) atoms. The van der Waals surface area contributed by atoms with Crippen LogP contribution in [0.5, 0.6) is 10.8 Å². The number of rotatable bonds is 4. The topological polar surface area (TPSA) is 55.8 Å². The lowest BCUT2D eigenvalue weighted by Gasteiger charge is -2.08. The highest BCUT2D eigenvalue weighted by atomic mass is 35.5. The first kappa shape index (κ1) is 13.9. The van der Waals surface area contributed by atoms with Gasteiger partial charge in [-0.2, -0.15) is 13.2 Å². The second kappa shape index (κ2) is 5.01. The largest absolute Gasteiger partial charge is 0.486 e. The third kappa shape index (κ3) is 3.40. The second-order valence-corrected chi connectivity index (χ2v) is 4.14. The van der Waals surface area contributed by atoms with E-state index in [4.69, 9.17) is 21.4 Å². The molecule has 1 N–H and O–H groups in total. The second-order valence-electron chi connectivity index (χ2n) is 2.77. The lowest BCUT2D eigenvalue weighted by molar-refractivity contribution is -0.153. The van der Waals surface area contributed by atoms with Crippen molar-refractivity contribution in [3.05, 3.63) is 9.90 Å². The van der Waals surface area contributed by atoms with Gasteiger partial charge in [0.2, 0.25) is 0 Å². The Morgan fingerprint density at radius 2 is 2.12 bits per heavy atom. The SMILES string of the molecule is COc1sc(C(=O)O)c(OCC(F)(F)F)c1Cl. The lowest BCUT2D eigenvalue weighted by atomic mass is 10.4. The van der Waals surface area contributed by atoms with Crippen molar-refractivity contribution in [2.24, 2.45) is 0 Å². The molecule has 0 saturated carbocycles. The summed E-state index contributed by atoms with van der Waals surface area (Å²) in [5.41, 5.74) is 0. The number of methoxy groups -OCH3 is 1. The Morgan fingerprint density at radius 3 is 2.53 bits per heavy atom. The number of aromatic carboxylic acids is 1. The summed E-state index contributed by atoms with van der Waals surface area (Å²) in [6.07, 6.45) is -4.58. The molecular weight excluding hydrogens is 285 g/mol. The Bertz CT molecular complexity index is 429. The smallest absolute Gasteiger partial charge is 0.422 e. The van der Waals surface area contributed by atoms with E-state index in [1.807, 2.05) is 0 Å². The number of ether oxygens (including phenoxy) is 2. The van der Waals surface area contributed by atoms with Gasteiger partial charge < -0.3 is 14.6 Å². The predicted molar refractivity (Wildman–Crippen MR) is 54.4 cm³/mol. The Kier molecular flexibility index (Phi) is 4.10. The molecule has 96 valence electrons. The molecule has 0 unspecified atom stereocenters. The standard InChI is InChI=1S/C8H6ClF3O4S/c1-15-7-3(9)4(5(17-7)6(13)14)16-2-8(10,11)12/h2H2,1H3,(H,13,14). The van der Waals surface area contributed by atoms with Gasteiger partial charge in [0, 0.05) is 0 Å². The highest BCUT2D eigenvalue weighted by molar-refractivity contribution is 7.16. The number of carbonyl (C=O) groups is 1. The quantitative estimate of drug-likeness (QED) is 0.926. The average molecular weight is 291 g/mol. The summed E-state index contributed by atoms with van der Waals surface area (Å²) in [6.45, 7) is -1.62. The highest BCUT2D eigenvalue weighted by Gasteiger charge is 2.32. The van der Waals surface area contributed by atoms with Crippen LogP contribution in [0.25, 0.3) is 0 Å². The highest BCUT2D eigenvalue weighted by Crippen LogP contribution is 2.45. The van der Waals surface area contributed by atoms with Crippen LogP contribution in [0.2, 0.25) is 5.02 Å². The molecule has 0 fully saturated rings. The number of halogens is 4. The van der Waals surface area contributed by atoms with Gasteiger partial charge in [-0.3, -0.25) is 0 Å². The average Bonchev–Trinajstić information content (AvgIpc) is 2.51. The molecule has 1 aromatic heterocycles. The number of hydrogen-bond acceptors (Lipinski definition) is 4. The fourth-order valence-corrected chi connectivity index (χ4v) is 2.12. The van der Waals surface area contributed by atoms with Gasteiger partial charge in [0.25, 0.3) is 0 Å². The molecule has 1 aromatic rings. The van der Waals surface area contributed by atoms with Crippen molar-refractivity contribution in [2.75, 3.05) is 13.7 Å². The van der Waals surface area contributed by atoms with Crippen molar-refractivity contribution < 1.29 is 32.5 Å². The van der Waals surface area contributed by atoms with E-state index in [-0.39, 0.29) is 10.1 Å². The number of thiophene rings is 1. The zero-order chi connectivity index (χ0) is 13.2. The molecule has 0 aromatic carbocycles. The van der Waals surface area contributed by atoms with E-state index in [0.29, 0.717) is 11.3 Å². The van der Waals surface area contributed by atoms with Gasteiger partial charge in [0.15, 0.2) is 22.3 Å². The molecule has 1 rings (SSSR count). The van der Waals surface area contributed by atoms with Gasteiger partial charge in [-0.15, -0.1) is 0 Å². The van der Waals surface area contributed by atoms with Gasteiger partial charge in [0.05, 0.1) is 7.11 Å². The Labute approximate surface area is 103 Å². The Hall–Kier alpha value is -1.15. The molecule has 0 aliphatic carbocycles. The van der Waals surface area contributed by atoms with Crippen LogP contribution < -0.4 is 9.47 Å². The van der Waals surface area contributed by atoms with Crippen molar-refractivity contribution in [2.45, 2.75) is 6.18 Å². The molecule has 0 aliphatic heterocycles. The van der Waals surface area contributed by atoms with Crippen LogP contribution in [0.3, 0.4) is 0 Å². The fourth-order valence-electron chi connectivity index (χ4n) is 0.931. The van der Waals surface area contributed by atoms with E-state index >= 15 is 0 Å². The van der Waals surface area contributed by atoms with Crippen molar-refractivity contribution in [1.82, 2.24) is 0 Å². The van der Waals surface area contributed by atoms with Crippen LogP contribution >= 0.6 is 22.9 Å². The fraction of sp³-hybridized carbons (Fsp3) is 0.375. The minimum absolute atomic E-state index is 0.0127. The van der Waals surface area contributed by atoms with Crippen molar-refractivity contribution in [3.8, 4) is 10.8 Å². The lowest BCUT2D eigenvalue weighted by Crippen LogP contribution is -2.19. The zero-order valence-corrected chi connectivity index (χ0v) is 9.87. The maximum absolute atomic E-state index is 12.0. The molecule has 0 aliphatic rings. The summed E-state index contributed by atoms with van der Waals surface area (Å²) in [6, 6.07) is 0. The maximum Gasteiger partial charge on any atom is 0.422 e.